The highest BCUT2D eigenvalue weighted by Gasteiger charge is 2.55. The Morgan fingerprint density at radius 3 is 2.25 bits per heavy atom. The van der Waals surface area contributed by atoms with Gasteiger partial charge in [0, 0.05) is 32.0 Å². The number of phenolic OH excluding ortho intramolecular Hbond substituents is 1. The standard InChI is InChI=1S/C27H28N4O4S/c1-29(2)21-12-10-20(11-13-21)28-24(33)18-27(35)25(34)31(22-6-4-3-5-7-22)26(36)30(27)17-16-19-8-14-23(32)15-9-19/h3-15,32,35H,16-18H2,1-2H3,(H,28,33). The molecule has 186 valence electrons. The first-order valence-corrected chi connectivity index (χ1v) is 11.9. The molecular weight excluding hydrogens is 476 g/mol. The Morgan fingerprint density at radius 2 is 1.64 bits per heavy atom. The van der Waals surface area contributed by atoms with Crippen LogP contribution in [-0.4, -0.2) is 58.4 Å². The Hall–Kier alpha value is -3.95. The molecule has 0 spiro atoms. The van der Waals surface area contributed by atoms with Crippen LogP contribution in [0.25, 0.3) is 0 Å². The number of hydrogen-bond acceptors (Lipinski definition) is 6. The van der Waals surface area contributed by atoms with Crippen molar-refractivity contribution in [2.24, 2.45) is 0 Å². The average molecular weight is 505 g/mol. The number of aromatic hydroxyl groups is 1. The molecule has 1 atom stereocenters. The van der Waals surface area contributed by atoms with E-state index in [1.807, 2.05) is 37.2 Å². The summed E-state index contributed by atoms with van der Waals surface area (Å²) in [6.07, 6.45) is -0.0629. The Balaban J connectivity index is 1.57. The summed E-state index contributed by atoms with van der Waals surface area (Å²) in [7, 11) is 3.84. The zero-order valence-corrected chi connectivity index (χ0v) is 20.9. The van der Waals surface area contributed by atoms with Crippen molar-refractivity contribution in [3.8, 4) is 5.75 Å². The van der Waals surface area contributed by atoms with Crippen LogP contribution in [0.1, 0.15) is 12.0 Å². The van der Waals surface area contributed by atoms with E-state index in [4.69, 9.17) is 12.2 Å². The van der Waals surface area contributed by atoms with E-state index in [9.17, 15) is 19.8 Å². The molecular formula is C27H28N4O4S. The van der Waals surface area contributed by atoms with E-state index >= 15 is 0 Å². The van der Waals surface area contributed by atoms with Gasteiger partial charge in [0.2, 0.25) is 11.6 Å². The number of thiocarbonyl (C=S) groups is 1. The zero-order chi connectivity index (χ0) is 25.9. The zero-order valence-electron chi connectivity index (χ0n) is 20.1. The molecule has 3 aromatic rings. The van der Waals surface area contributed by atoms with Crippen molar-refractivity contribution in [3.63, 3.8) is 0 Å². The number of phenols is 1. The van der Waals surface area contributed by atoms with Crippen LogP contribution in [0.5, 0.6) is 5.75 Å². The summed E-state index contributed by atoms with van der Waals surface area (Å²) in [5.41, 5.74) is 0.767. The van der Waals surface area contributed by atoms with E-state index in [1.165, 1.54) is 9.80 Å². The summed E-state index contributed by atoms with van der Waals surface area (Å²) < 4.78 is 0. The van der Waals surface area contributed by atoms with Crippen molar-refractivity contribution < 1.29 is 19.8 Å². The molecule has 8 nitrogen and oxygen atoms in total. The normalized spacial score (nSPS) is 17.4. The molecule has 9 heteroatoms. The van der Waals surface area contributed by atoms with Gasteiger partial charge in [-0.2, -0.15) is 0 Å². The Bertz CT molecular complexity index is 1250. The van der Waals surface area contributed by atoms with Crippen molar-refractivity contribution in [1.82, 2.24) is 4.90 Å². The fourth-order valence-corrected chi connectivity index (χ4v) is 4.52. The smallest absolute Gasteiger partial charge is 0.287 e. The SMILES string of the molecule is CN(C)c1ccc(NC(=O)CC2(O)C(=O)N(c3ccccc3)C(=S)N2CCc2ccc(O)cc2)cc1. The van der Waals surface area contributed by atoms with Crippen molar-refractivity contribution in [3.05, 3.63) is 84.4 Å². The molecule has 1 saturated heterocycles. The lowest BCUT2D eigenvalue weighted by Gasteiger charge is -2.31. The fraction of sp³-hybridized carbons (Fsp3) is 0.222. The molecule has 3 aromatic carbocycles. The van der Waals surface area contributed by atoms with Gasteiger partial charge in [-0.1, -0.05) is 30.3 Å². The molecule has 2 amide bonds. The lowest BCUT2D eigenvalue weighted by atomic mass is 10.1. The van der Waals surface area contributed by atoms with Crippen LogP contribution < -0.4 is 15.1 Å². The summed E-state index contributed by atoms with van der Waals surface area (Å²) in [4.78, 5) is 31.1. The second-order valence-corrected chi connectivity index (χ2v) is 9.17. The monoisotopic (exact) mass is 504 g/mol. The minimum atomic E-state index is -2.16. The summed E-state index contributed by atoms with van der Waals surface area (Å²) in [6, 6.07) is 22.7. The van der Waals surface area contributed by atoms with Gasteiger partial charge in [-0.15, -0.1) is 0 Å². The van der Waals surface area contributed by atoms with E-state index in [1.54, 1.807) is 60.7 Å². The van der Waals surface area contributed by atoms with Crippen LogP contribution in [0.2, 0.25) is 0 Å². The minimum absolute atomic E-state index is 0.121. The summed E-state index contributed by atoms with van der Waals surface area (Å²) in [6.45, 7) is 0.194. The summed E-state index contributed by atoms with van der Waals surface area (Å²) in [5.74, 6) is -1.05. The van der Waals surface area contributed by atoms with Crippen molar-refractivity contribution >= 4 is 46.2 Å². The fourth-order valence-electron chi connectivity index (χ4n) is 4.09. The number of amides is 2. The predicted octanol–water partition coefficient (Wildman–Crippen LogP) is 3.35. The molecule has 36 heavy (non-hydrogen) atoms. The van der Waals surface area contributed by atoms with Gasteiger partial charge >= 0.3 is 0 Å². The maximum Gasteiger partial charge on any atom is 0.287 e. The van der Waals surface area contributed by atoms with Gasteiger partial charge in [0.15, 0.2) is 5.11 Å². The van der Waals surface area contributed by atoms with Gasteiger partial charge in [0.25, 0.3) is 5.91 Å². The van der Waals surface area contributed by atoms with Crippen molar-refractivity contribution in [1.29, 1.82) is 0 Å². The van der Waals surface area contributed by atoms with Crippen molar-refractivity contribution in [2.75, 3.05) is 35.8 Å². The van der Waals surface area contributed by atoms with Crippen LogP contribution in [-0.2, 0) is 16.0 Å². The van der Waals surface area contributed by atoms with E-state index < -0.39 is 24.0 Å². The molecule has 1 aliphatic rings. The Labute approximate surface area is 215 Å². The second-order valence-electron chi connectivity index (χ2n) is 8.81. The van der Waals surface area contributed by atoms with E-state index in [0.29, 0.717) is 17.8 Å². The number of hydrogen-bond donors (Lipinski definition) is 3. The van der Waals surface area contributed by atoms with Gasteiger partial charge in [-0.05, 0) is 72.7 Å². The highest BCUT2D eigenvalue weighted by Crippen LogP contribution is 2.34. The Morgan fingerprint density at radius 1 is 1.00 bits per heavy atom. The quantitative estimate of drug-likeness (QED) is 0.405. The maximum atomic E-state index is 13.5. The lowest BCUT2D eigenvalue weighted by Crippen LogP contribution is -2.52. The molecule has 0 aromatic heterocycles. The minimum Gasteiger partial charge on any atom is -0.508 e. The molecule has 1 aliphatic heterocycles. The topological polar surface area (TPSA) is 96.4 Å². The molecule has 1 unspecified atom stereocenters. The number of aliphatic hydroxyl groups is 1. The van der Waals surface area contributed by atoms with Crippen LogP contribution in [0.3, 0.4) is 0 Å². The van der Waals surface area contributed by atoms with Crippen LogP contribution in [0.15, 0.2) is 78.9 Å². The molecule has 0 saturated carbocycles. The highest BCUT2D eigenvalue weighted by atomic mass is 32.1. The van der Waals surface area contributed by atoms with E-state index in [2.05, 4.69) is 5.32 Å². The van der Waals surface area contributed by atoms with Crippen molar-refractivity contribution in [2.45, 2.75) is 18.6 Å². The number of anilines is 3. The molecule has 1 fully saturated rings. The average Bonchev–Trinajstić information content (AvgIpc) is 3.04. The predicted molar refractivity (Wildman–Crippen MR) is 144 cm³/mol. The number of nitrogens with one attached hydrogen (secondary N) is 1. The number of benzene rings is 3. The number of carbonyl (C=O) groups is 2. The van der Waals surface area contributed by atoms with Crippen LogP contribution in [0, 0.1) is 0 Å². The molecule has 4 rings (SSSR count). The van der Waals surface area contributed by atoms with Gasteiger partial charge in [-0.25, -0.2) is 0 Å². The third-order valence-electron chi connectivity index (χ3n) is 6.06. The van der Waals surface area contributed by atoms with E-state index in [0.717, 1.165) is 11.3 Å². The third-order valence-corrected chi connectivity index (χ3v) is 6.47. The molecule has 0 aliphatic carbocycles. The summed E-state index contributed by atoms with van der Waals surface area (Å²) >= 11 is 5.62. The third kappa shape index (κ3) is 5.17. The first-order valence-electron chi connectivity index (χ1n) is 11.5. The number of rotatable bonds is 8. The van der Waals surface area contributed by atoms with E-state index in [-0.39, 0.29) is 17.4 Å². The number of nitrogens with zero attached hydrogens (tertiary/aromatic N) is 3. The van der Waals surface area contributed by atoms with Gasteiger partial charge in [-0.3, -0.25) is 14.5 Å². The van der Waals surface area contributed by atoms with Gasteiger partial charge in [0.1, 0.15) is 5.75 Å². The second kappa shape index (κ2) is 10.3. The molecule has 0 bridgehead atoms. The summed E-state index contributed by atoms with van der Waals surface area (Å²) in [5, 5.41) is 24.1. The maximum absolute atomic E-state index is 13.5. The molecule has 3 N–H and O–H groups in total. The number of carbonyl (C=O) groups excluding carboxylic acids is 2. The first-order chi connectivity index (χ1) is 17.2. The van der Waals surface area contributed by atoms with Gasteiger partial charge in [0.05, 0.1) is 12.1 Å². The molecule has 1 heterocycles. The largest absolute Gasteiger partial charge is 0.508 e. The first kappa shape index (κ1) is 25.2. The van der Waals surface area contributed by atoms with Gasteiger partial charge < -0.3 is 25.3 Å². The lowest BCUT2D eigenvalue weighted by molar-refractivity contribution is -0.151. The van der Waals surface area contributed by atoms with Crippen LogP contribution in [0.4, 0.5) is 17.1 Å². The Kier molecular flexibility index (Phi) is 7.23. The number of para-hydroxylation sites is 1. The highest BCUT2D eigenvalue weighted by molar-refractivity contribution is 7.80. The molecule has 0 radical (unpaired) electrons. The van der Waals surface area contributed by atoms with Crippen LogP contribution >= 0.6 is 12.2 Å².